The third kappa shape index (κ3) is 3.81. The van der Waals surface area contributed by atoms with E-state index in [9.17, 15) is 0 Å². The first-order valence-electron chi connectivity index (χ1n) is 7.11. The summed E-state index contributed by atoms with van der Waals surface area (Å²) in [7, 11) is 3.83. The summed E-state index contributed by atoms with van der Waals surface area (Å²) in [6.07, 6.45) is 5.36. The zero-order valence-electron chi connectivity index (χ0n) is 13.0. The maximum Gasteiger partial charge on any atom is 0.224 e. The van der Waals surface area contributed by atoms with Crippen LogP contribution >= 0.6 is 0 Å². The van der Waals surface area contributed by atoms with E-state index in [1.165, 1.54) is 0 Å². The highest BCUT2D eigenvalue weighted by Crippen LogP contribution is 2.18. The zero-order chi connectivity index (χ0) is 15.2. The molecule has 1 N–H and O–H groups in total. The molecule has 112 valence electrons. The van der Waals surface area contributed by atoms with Crippen LogP contribution in [0, 0.1) is 0 Å². The molecule has 0 saturated heterocycles. The molecule has 0 fully saturated rings. The minimum Gasteiger partial charge on any atom is -0.357 e. The summed E-state index contributed by atoms with van der Waals surface area (Å²) in [4.78, 5) is 17.1. The predicted octanol–water partition coefficient (Wildman–Crippen LogP) is 2.53. The van der Waals surface area contributed by atoms with Crippen LogP contribution in [0.15, 0.2) is 30.7 Å². The highest BCUT2D eigenvalue weighted by molar-refractivity contribution is 5.59. The Morgan fingerprint density at radius 1 is 0.905 bits per heavy atom. The number of anilines is 4. The largest absolute Gasteiger partial charge is 0.357 e. The average Bonchev–Trinajstić information content (AvgIpc) is 2.51. The van der Waals surface area contributed by atoms with E-state index in [1.54, 1.807) is 12.4 Å². The first kappa shape index (κ1) is 15.0. The van der Waals surface area contributed by atoms with E-state index in [0.717, 1.165) is 30.3 Å². The van der Waals surface area contributed by atoms with Gasteiger partial charge in [-0.1, -0.05) is 0 Å². The van der Waals surface area contributed by atoms with Crippen molar-refractivity contribution in [2.24, 2.45) is 0 Å². The third-order valence-corrected chi connectivity index (χ3v) is 3.16. The minimum absolute atomic E-state index is 0.690. The molecule has 0 amide bonds. The highest BCUT2D eigenvalue weighted by atomic mass is 15.2. The topological polar surface area (TPSA) is 57.2 Å². The number of aromatic nitrogens is 3. The Morgan fingerprint density at radius 3 is 2.00 bits per heavy atom. The lowest BCUT2D eigenvalue weighted by atomic mass is 10.3. The normalized spacial score (nSPS) is 10.3. The molecule has 2 heterocycles. The van der Waals surface area contributed by atoms with E-state index >= 15 is 0 Å². The van der Waals surface area contributed by atoms with Gasteiger partial charge in [0.15, 0.2) is 0 Å². The summed E-state index contributed by atoms with van der Waals surface area (Å²) in [6.45, 7) is 6.16. The molecule has 6 nitrogen and oxygen atoms in total. The van der Waals surface area contributed by atoms with E-state index in [-0.39, 0.29) is 0 Å². The maximum atomic E-state index is 4.48. The molecular formula is C15H22N6. The van der Waals surface area contributed by atoms with E-state index in [1.807, 2.05) is 37.3 Å². The van der Waals surface area contributed by atoms with Gasteiger partial charge in [0.1, 0.15) is 5.82 Å². The Labute approximate surface area is 125 Å². The summed E-state index contributed by atoms with van der Waals surface area (Å²) in [5, 5.41) is 3.25. The van der Waals surface area contributed by atoms with Gasteiger partial charge in [-0.25, -0.2) is 15.0 Å². The number of nitrogens with zero attached hydrogens (tertiary/aromatic N) is 5. The van der Waals surface area contributed by atoms with E-state index < -0.39 is 0 Å². The molecule has 0 spiro atoms. The monoisotopic (exact) mass is 286 g/mol. The highest BCUT2D eigenvalue weighted by Gasteiger charge is 2.04. The lowest BCUT2D eigenvalue weighted by molar-refractivity contribution is 0.846. The fraction of sp³-hybridized carbons (Fsp3) is 0.400. The van der Waals surface area contributed by atoms with Gasteiger partial charge in [0.05, 0.1) is 30.0 Å². The number of hydrogen-bond acceptors (Lipinski definition) is 6. The Bertz CT molecular complexity index is 545. The summed E-state index contributed by atoms with van der Waals surface area (Å²) in [5.74, 6) is 1.68. The van der Waals surface area contributed by atoms with Crippen molar-refractivity contribution in [2.75, 3.05) is 42.3 Å². The molecule has 0 aliphatic rings. The van der Waals surface area contributed by atoms with Gasteiger partial charge in [0, 0.05) is 27.2 Å². The van der Waals surface area contributed by atoms with Gasteiger partial charge < -0.3 is 15.1 Å². The van der Waals surface area contributed by atoms with Crippen LogP contribution in [0.3, 0.4) is 0 Å². The lowest BCUT2D eigenvalue weighted by Crippen LogP contribution is -2.22. The van der Waals surface area contributed by atoms with Crippen molar-refractivity contribution in [1.29, 1.82) is 0 Å². The Balaban J connectivity index is 2.06. The zero-order valence-corrected chi connectivity index (χ0v) is 13.0. The molecule has 0 bridgehead atoms. The van der Waals surface area contributed by atoms with Crippen LogP contribution in [-0.2, 0) is 0 Å². The Morgan fingerprint density at radius 2 is 1.52 bits per heavy atom. The first-order valence-corrected chi connectivity index (χ1v) is 7.11. The van der Waals surface area contributed by atoms with Crippen molar-refractivity contribution in [1.82, 2.24) is 15.0 Å². The quantitative estimate of drug-likeness (QED) is 0.880. The molecule has 0 radical (unpaired) electrons. The Kier molecular flexibility index (Phi) is 4.92. The molecule has 2 rings (SSSR count). The second-order valence-electron chi connectivity index (χ2n) is 4.87. The van der Waals surface area contributed by atoms with E-state index in [2.05, 4.69) is 39.0 Å². The van der Waals surface area contributed by atoms with Crippen LogP contribution in [-0.4, -0.2) is 42.1 Å². The van der Waals surface area contributed by atoms with Crippen LogP contribution in [0.5, 0.6) is 0 Å². The fourth-order valence-corrected chi connectivity index (χ4v) is 1.98. The van der Waals surface area contributed by atoms with Gasteiger partial charge in [-0.2, -0.15) is 0 Å². The average molecular weight is 286 g/mol. The van der Waals surface area contributed by atoms with Crippen LogP contribution in [0.4, 0.5) is 23.1 Å². The molecule has 0 aliphatic heterocycles. The standard InChI is InChI=1S/C15H22N6/c1-5-21(6-2)14-8-7-12(9-16-14)19-13-10-17-15(18-11-13)20(3)4/h7-11,19H,5-6H2,1-4H3. The fourth-order valence-electron chi connectivity index (χ4n) is 1.98. The predicted molar refractivity (Wildman–Crippen MR) is 87.4 cm³/mol. The number of rotatable bonds is 6. The van der Waals surface area contributed by atoms with E-state index in [4.69, 9.17) is 0 Å². The second-order valence-corrected chi connectivity index (χ2v) is 4.87. The summed E-state index contributed by atoms with van der Waals surface area (Å²) < 4.78 is 0. The summed E-state index contributed by atoms with van der Waals surface area (Å²) >= 11 is 0. The van der Waals surface area contributed by atoms with Crippen molar-refractivity contribution in [3.05, 3.63) is 30.7 Å². The molecule has 0 saturated carbocycles. The Hall–Kier alpha value is -2.37. The molecule has 6 heteroatoms. The van der Waals surface area contributed by atoms with Gasteiger partial charge in [0.2, 0.25) is 5.95 Å². The van der Waals surface area contributed by atoms with Gasteiger partial charge >= 0.3 is 0 Å². The SMILES string of the molecule is CCN(CC)c1ccc(Nc2cnc(N(C)C)nc2)cn1. The maximum absolute atomic E-state index is 4.48. The van der Waals surface area contributed by atoms with Crippen molar-refractivity contribution < 1.29 is 0 Å². The lowest BCUT2D eigenvalue weighted by Gasteiger charge is -2.19. The van der Waals surface area contributed by atoms with Crippen LogP contribution in [0.25, 0.3) is 0 Å². The molecule has 2 aromatic rings. The van der Waals surface area contributed by atoms with Gasteiger partial charge in [0.25, 0.3) is 0 Å². The first-order chi connectivity index (χ1) is 10.1. The minimum atomic E-state index is 0.690. The number of nitrogens with one attached hydrogen (secondary N) is 1. The van der Waals surface area contributed by atoms with Crippen LogP contribution in [0.2, 0.25) is 0 Å². The summed E-state index contributed by atoms with van der Waals surface area (Å²) in [6, 6.07) is 4.03. The number of pyridine rings is 1. The van der Waals surface area contributed by atoms with Gasteiger partial charge in [-0.3, -0.25) is 0 Å². The third-order valence-electron chi connectivity index (χ3n) is 3.16. The number of hydrogen-bond donors (Lipinski definition) is 1. The summed E-state index contributed by atoms with van der Waals surface area (Å²) in [5.41, 5.74) is 1.77. The molecule has 21 heavy (non-hydrogen) atoms. The molecule has 2 aromatic heterocycles. The van der Waals surface area contributed by atoms with Gasteiger partial charge in [-0.15, -0.1) is 0 Å². The smallest absolute Gasteiger partial charge is 0.224 e. The van der Waals surface area contributed by atoms with Crippen molar-refractivity contribution in [3.8, 4) is 0 Å². The van der Waals surface area contributed by atoms with Crippen LogP contribution in [0.1, 0.15) is 13.8 Å². The molecule has 0 atom stereocenters. The van der Waals surface area contributed by atoms with E-state index in [0.29, 0.717) is 5.95 Å². The van der Waals surface area contributed by atoms with Crippen LogP contribution < -0.4 is 15.1 Å². The molecule has 0 aromatic carbocycles. The molecular weight excluding hydrogens is 264 g/mol. The van der Waals surface area contributed by atoms with Gasteiger partial charge in [-0.05, 0) is 26.0 Å². The van der Waals surface area contributed by atoms with Crippen molar-refractivity contribution in [2.45, 2.75) is 13.8 Å². The van der Waals surface area contributed by atoms with Crippen molar-refractivity contribution in [3.63, 3.8) is 0 Å². The second kappa shape index (κ2) is 6.88. The molecule has 0 aliphatic carbocycles. The van der Waals surface area contributed by atoms with Crippen molar-refractivity contribution >= 4 is 23.1 Å². The molecule has 0 unspecified atom stereocenters.